The highest BCUT2D eigenvalue weighted by Gasteiger charge is 2.12. The Kier molecular flexibility index (Phi) is 6.79. The van der Waals surface area contributed by atoms with Crippen LogP contribution in [0.1, 0.15) is 32.1 Å². The Labute approximate surface area is 178 Å². The molecule has 0 unspecified atom stereocenters. The van der Waals surface area contributed by atoms with Crippen molar-refractivity contribution in [1.82, 2.24) is 14.9 Å². The van der Waals surface area contributed by atoms with Crippen molar-refractivity contribution in [2.24, 2.45) is 0 Å². The maximum Gasteiger partial charge on any atom is 0.252 e. The lowest BCUT2D eigenvalue weighted by Crippen LogP contribution is -2.30. The zero-order valence-corrected chi connectivity index (χ0v) is 18.0. The van der Waals surface area contributed by atoms with Gasteiger partial charge in [0.05, 0.1) is 11.3 Å². The van der Waals surface area contributed by atoms with Gasteiger partial charge in [0.2, 0.25) is 5.91 Å². The van der Waals surface area contributed by atoms with E-state index in [0.717, 1.165) is 16.1 Å². The van der Waals surface area contributed by atoms with Gasteiger partial charge in [-0.1, -0.05) is 29.8 Å². The zero-order valence-electron chi connectivity index (χ0n) is 17.2. The highest BCUT2D eigenvalue weighted by molar-refractivity contribution is 7.15. The maximum absolute atomic E-state index is 12.4. The number of anilines is 1. The number of hydrogen-bond acceptors (Lipinski definition) is 5. The molecule has 0 saturated carbocycles. The first kappa shape index (κ1) is 21.4. The molecule has 1 aromatic carbocycles. The number of aryl methyl sites for hydroxylation is 3. The van der Waals surface area contributed by atoms with Gasteiger partial charge in [0.15, 0.2) is 5.13 Å². The van der Waals surface area contributed by atoms with Crippen LogP contribution in [-0.4, -0.2) is 27.9 Å². The molecule has 3 aromatic rings. The molecule has 7 nitrogen and oxygen atoms in total. The summed E-state index contributed by atoms with van der Waals surface area (Å²) in [6, 6.07) is 10.9. The molecule has 0 aliphatic carbocycles. The molecule has 3 rings (SSSR count). The summed E-state index contributed by atoms with van der Waals surface area (Å²) in [6.45, 7) is 6.10. The highest BCUT2D eigenvalue weighted by Crippen LogP contribution is 2.20. The number of nitrogens with one attached hydrogen (secondary N) is 2. The normalized spacial score (nSPS) is 10.6. The van der Waals surface area contributed by atoms with Gasteiger partial charge in [-0.15, -0.1) is 11.3 Å². The summed E-state index contributed by atoms with van der Waals surface area (Å²) < 4.78 is 1.22. The number of pyridine rings is 1. The van der Waals surface area contributed by atoms with E-state index < -0.39 is 0 Å². The number of thiazole rings is 1. The van der Waals surface area contributed by atoms with Crippen molar-refractivity contribution in [3.8, 4) is 0 Å². The lowest BCUT2D eigenvalue weighted by Gasteiger charge is -2.09. The van der Waals surface area contributed by atoms with Gasteiger partial charge in [0.25, 0.3) is 11.5 Å². The Morgan fingerprint density at radius 1 is 1.13 bits per heavy atom. The monoisotopic (exact) mass is 424 g/mol. The SMILES string of the molecule is Cc1cccc(CCNC(=O)c2ccc(=O)n(CC(=O)Nc3nc(C)c(C)s3)c2)c1. The highest BCUT2D eigenvalue weighted by atomic mass is 32.1. The van der Waals surface area contributed by atoms with E-state index in [4.69, 9.17) is 0 Å². The fraction of sp³-hybridized carbons (Fsp3) is 0.273. The molecule has 0 spiro atoms. The van der Waals surface area contributed by atoms with Crippen LogP contribution in [0.4, 0.5) is 5.13 Å². The lowest BCUT2D eigenvalue weighted by atomic mass is 10.1. The number of rotatable bonds is 7. The minimum atomic E-state index is -0.372. The van der Waals surface area contributed by atoms with Gasteiger partial charge >= 0.3 is 0 Å². The predicted octanol–water partition coefficient (Wildman–Crippen LogP) is 2.84. The zero-order chi connectivity index (χ0) is 21.7. The smallest absolute Gasteiger partial charge is 0.252 e. The fourth-order valence-corrected chi connectivity index (χ4v) is 3.75. The summed E-state index contributed by atoms with van der Waals surface area (Å²) in [5.74, 6) is -0.661. The standard InChI is InChI=1S/C22H24N4O3S/c1-14-5-4-6-17(11-14)9-10-23-21(29)18-7-8-20(28)26(12-18)13-19(27)25-22-24-15(2)16(3)30-22/h4-8,11-12H,9-10,13H2,1-3H3,(H,23,29)(H,24,25,27). The molecule has 0 aliphatic heterocycles. The third kappa shape index (κ3) is 5.64. The van der Waals surface area contributed by atoms with Crippen LogP contribution in [0.5, 0.6) is 0 Å². The number of nitrogens with zero attached hydrogens (tertiary/aromatic N) is 2. The summed E-state index contributed by atoms with van der Waals surface area (Å²) >= 11 is 1.38. The Balaban J connectivity index is 1.60. The van der Waals surface area contributed by atoms with Crippen molar-refractivity contribution in [2.75, 3.05) is 11.9 Å². The number of carbonyl (C=O) groups excluding carboxylic acids is 2. The van der Waals surface area contributed by atoms with Crippen molar-refractivity contribution < 1.29 is 9.59 Å². The van der Waals surface area contributed by atoms with Crippen molar-refractivity contribution in [2.45, 2.75) is 33.7 Å². The topological polar surface area (TPSA) is 93.1 Å². The second-order valence-corrected chi connectivity index (χ2v) is 8.29. The number of aromatic nitrogens is 2. The second kappa shape index (κ2) is 9.49. The Bertz CT molecular complexity index is 1110. The molecule has 0 atom stereocenters. The predicted molar refractivity (Wildman–Crippen MR) is 118 cm³/mol. The average molecular weight is 425 g/mol. The molecule has 2 aromatic heterocycles. The molecule has 2 heterocycles. The van der Waals surface area contributed by atoms with Crippen molar-refractivity contribution in [3.63, 3.8) is 0 Å². The van der Waals surface area contributed by atoms with Crippen LogP contribution < -0.4 is 16.2 Å². The van der Waals surface area contributed by atoms with Crippen LogP contribution in [0.15, 0.2) is 47.4 Å². The first-order chi connectivity index (χ1) is 14.3. The van der Waals surface area contributed by atoms with E-state index in [1.165, 1.54) is 39.8 Å². The van der Waals surface area contributed by atoms with Crippen LogP contribution in [-0.2, 0) is 17.8 Å². The van der Waals surface area contributed by atoms with E-state index in [9.17, 15) is 14.4 Å². The fourth-order valence-electron chi connectivity index (χ4n) is 2.92. The summed E-state index contributed by atoms with van der Waals surface area (Å²) in [4.78, 5) is 42.1. The summed E-state index contributed by atoms with van der Waals surface area (Å²) in [7, 11) is 0. The number of carbonyl (C=O) groups is 2. The number of benzene rings is 1. The number of hydrogen-bond donors (Lipinski definition) is 2. The van der Waals surface area contributed by atoms with Crippen LogP contribution in [0.2, 0.25) is 0 Å². The Hall–Kier alpha value is -3.26. The molecule has 0 radical (unpaired) electrons. The maximum atomic E-state index is 12.4. The third-order valence-electron chi connectivity index (χ3n) is 4.62. The van der Waals surface area contributed by atoms with Gasteiger partial charge < -0.3 is 15.2 Å². The third-order valence-corrected chi connectivity index (χ3v) is 5.60. The average Bonchev–Trinajstić information content (AvgIpc) is 3.00. The first-order valence-corrected chi connectivity index (χ1v) is 10.4. The summed E-state index contributed by atoms with van der Waals surface area (Å²) in [6.07, 6.45) is 2.12. The van der Waals surface area contributed by atoms with E-state index in [1.54, 1.807) is 0 Å². The van der Waals surface area contributed by atoms with Crippen molar-refractivity contribution in [3.05, 3.63) is 80.2 Å². The largest absolute Gasteiger partial charge is 0.352 e. The molecule has 30 heavy (non-hydrogen) atoms. The van der Waals surface area contributed by atoms with Crippen molar-refractivity contribution in [1.29, 1.82) is 0 Å². The van der Waals surface area contributed by atoms with E-state index in [-0.39, 0.29) is 23.9 Å². The molecule has 2 N–H and O–H groups in total. The molecule has 0 saturated heterocycles. The molecular weight excluding hydrogens is 400 g/mol. The molecule has 156 valence electrons. The van der Waals surface area contributed by atoms with Crippen LogP contribution in [0, 0.1) is 20.8 Å². The Morgan fingerprint density at radius 2 is 1.93 bits per heavy atom. The van der Waals surface area contributed by atoms with Crippen molar-refractivity contribution >= 4 is 28.3 Å². The van der Waals surface area contributed by atoms with Gasteiger partial charge in [-0.3, -0.25) is 14.4 Å². The van der Waals surface area contributed by atoms with E-state index in [1.807, 2.05) is 39.0 Å². The summed E-state index contributed by atoms with van der Waals surface area (Å²) in [5, 5.41) is 6.04. The van der Waals surface area contributed by atoms with Gasteiger partial charge in [-0.25, -0.2) is 4.98 Å². The molecule has 0 fully saturated rings. The van der Waals surface area contributed by atoms with E-state index >= 15 is 0 Å². The minimum absolute atomic E-state index is 0.194. The number of amides is 2. The quantitative estimate of drug-likeness (QED) is 0.610. The minimum Gasteiger partial charge on any atom is -0.352 e. The van der Waals surface area contributed by atoms with Gasteiger partial charge in [0.1, 0.15) is 6.54 Å². The second-order valence-electron chi connectivity index (χ2n) is 7.09. The molecular formula is C22H24N4O3S. The van der Waals surface area contributed by atoms with Gasteiger partial charge in [-0.2, -0.15) is 0 Å². The van der Waals surface area contributed by atoms with Crippen LogP contribution in [0.3, 0.4) is 0 Å². The van der Waals surface area contributed by atoms with Crippen LogP contribution >= 0.6 is 11.3 Å². The van der Waals surface area contributed by atoms with Crippen LogP contribution in [0.25, 0.3) is 0 Å². The first-order valence-electron chi connectivity index (χ1n) is 9.60. The molecule has 8 heteroatoms. The van der Waals surface area contributed by atoms with Gasteiger partial charge in [0, 0.05) is 23.7 Å². The summed E-state index contributed by atoms with van der Waals surface area (Å²) in [5.41, 5.74) is 3.15. The van der Waals surface area contributed by atoms with E-state index in [2.05, 4.69) is 21.7 Å². The molecule has 0 bridgehead atoms. The molecule has 0 aliphatic rings. The Morgan fingerprint density at radius 3 is 2.63 bits per heavy atom. The van der Waals surface area contributed by atoms with E-state index in [0.29, 0.717) is 23.7 Å². The molecule has 2 amide bonds. The lowest BCUT2D eigenvalue weighted by molar-refractivity contribution is -0.116. The van der Waals surface area contributed by atoms with Gasteiger partial charge in [-0.05, 0) is 38.8 Å².